The molecule has 0 radical (unpaired) electrons. The Labute approximate surface area is 187 Å². The van der Waals surface area contributed by atoms with Gasteiger partial charge in [-0.1, -0.05) is 42.1 Å². The second-order valence-electron chi connectivity index (χ2n) is 7.44. The highest BCUT2D eigenvalue weighted by molar-refractivity contribution is 7.99. The maximum atomic E-state index is 12.5. The number of amides is 1. The van der Waals surface area contributed by atoms with Crippen LogP contribution in [0, 0.1) is 27.7 Å². The summed E-state index contributed by atoms with van der Waals surface area (Å²) < 4.78 is 7.91. The Morgan fingerprint density at radius 2 is 1.97 bits per heavy atom. The summed E-state index contributed by atoms with van der Waals surface area (Å²) >= 11 is 1.35. The fourth-order valence-corrected chi connectivity index (χ4v) is 3.82. The van der Waals surface area contributed by atoms with Crippen LogP contribution in [0.2, 0.25) is 0 Å². The average molecular weight is 437 g/mol. The summed E-state index contributed by atoms with van der Waals surface area (Å²) in [5, 5.41) is 12.2. The molecular formula is C24H28N4O2S. The van der Waals surface area contributed by atoms with Gasteiger partial charge in [-0.25, -0.2) is 0 Å². The summed E-state index contributed by atoms with van der Waals surface area (Å²) in [6.45, 7) is 12.7. The van der Waals surface area contributed by atoms with Crippen molar-refractivity contribution in [1.29, 1.82) is 0 Å². The number of allylic oxidation sites excluding steroid dienone is 1. The lowest BCUT2D eigenvalue weighted by atomic mass is 10.1. The molecule has 0 saturated carbocycles. The van der Waals surface area contributed by atoms with Crippen LogP contribution in [0.4, 0.5) is 5.69 Å². The number of rotatable bonds is 9. The molecule has 3 aromatic rings. The van der Waals surface area contributed by atoms with Crippen molar-refractivity contribution < 1.29 is 9.53 Å². The predicted octanol–water partition coefficient (Wildman–Crippen LogP) is 5.01. The molecule has 0 aliphatic heterocycles. The summed E-state index contributed by atoms with van der Waals surface area (Å²) in [5.74, 6) is 1.68. The van der Waals surface area contributed by atoms with Gasteiger partial charge in [0.25, 0.3) is 0 Å². The van der Waals surface area contributed by atoms with Crippen molar-refractivity contribution in [3.63, 3.8) is 0 Å². The molecule has 0 spiro atoms. The molecule has 0 saturated heterocycles. The van der Waals surface area contributed by atoms with Crippen molar-refractivity contribution in [2.45, 2.75) is 46.0 Å². The Kier molecular flexibility index (Phi) is 7.52. The zero-order valence-corrected chi connectivity index (χ0v) is 19.3. The van der Waals surface area contributed by atoms with Crippen LogP contribution >= 0.6 is 11.8 Å². The normalized spacial score (nSPS) is 10.7. The second-order valence-corrected chi connectivity index (χ2v) is 8.38. The first-order chi connectivity index (χ1) is 14.9. The highest BCUT2D eigenvalue weighted by Gasteiger charge is 2.15. The van der Waals surface area contributed by atoms with Gasteiger partial charge in [0, 0.05) is 12.2 Å². The van der Waals surface area contributed by atoms with E-state index in [9.17, 15) is 4.79 Å². The zero-order valence-electron chi connectivity index (χ0n) is 18.4. The van der Waals surface area contributed by atoms with Crippen LogP contribution in [0.15, 0.2) is 54.2 Å². The van der Waals surface area contributed by atoms with E-state index in [0.29, 0.717) is 24.1 Å². The largest absolute Gasteiger partial charge is 0.485 e. The molecule has 0 unspecified atom stereocenters. The number of nitrogens with zero attached hydrogens (tertiary/aromatic N) is 3. The number of aryl methyl sites for hydroxylation is 3. The number of carbonyl (C=O) groups excluding carboxylic acids is 1. The topological polar surface area (TPSA) is 69.0 Å². The number of hydrogen-bond acceptors (Lipinski definition) is 5. The Balaban J connectivity index is 1.65. The zero-order chi connectivity index (χ0) is 22.4. The summed E-state index contributed by atoms with van der Waals surface area (Å²) in [5.41, 5.74) is 5.25. The highest BCUT2D eigenvalue weighted by Crippen LogP contribution is 2.23. The number of carbonyl (C=O) groups is 1. The molecule has 0 aliphatic carbocycles. The fraction of sp³-hybridized carbons (Fsp3) is 0.292. The van der Waals surface area contributed by atoms with Gasteiger partial charge >= 0.3 is 0 Å². The Morgan fingerprint density at radius 3 is 2.74 bits per heavy atom. The molecule has 2 aromatic carbocycles. The molecule has 0 atom stereocenters. The maximum absolute atomic E-state index is 12.5. The smallest absolute Gasteiger partial charge is 0.234 e. The number of ether oxygens (including phenoxy) is 1. The van der Waals surface area contributed by atoms with E-state index in [-0.39, 0.29) is 11.7 Å². The third-order valence-corrected chi connectivity index (χ3v) is 5.98. The summed E-state index contributed by atoms with van der Waals surface area (Å²) in [6.07, 6.45) is 1.78. The van der Waals surface area contributed by atoms with Gasteiger partial charge in [0.2, 0.25) is 5.91 Å². The van der Waals surface area contributed by atoms with Crippen LogP contribution in [0.3, 0.4) is 0 Å². The molecule has 1 heterocycles. The van der Waals surface area contributed by atoms with Crippen molar-refractivity contribution in [1.82, 2.24) is 14.8 Å². The van der Waals surface area contributed by atoms with Gasteiger partial charge < -0.3 is 10.1 Å². The van der Waals surface area contributed by atoms with Gasteiger partial charge in [0.15, 0.2) is 11.0 Å². The van der Waals surface area contributed by atoms with Crippen molar-refractivity contribution >= 4 is 23.4 Å². The van der Waals surface area contributed by atoms with E-state index in [0.717, 1.165) is 28.1 Å². The first kappa shape index (κ1) is 22.6. The molecule has 0 aliphatic rings. The number of anilines is 1. The molecular weight excluding hydrogens is 408 g/mol. The molecule has 0 fully saturated rings. The van der Waals surface area contributed by atoms with E-state index in [2.05, 4.69) is 35.1 Å². The number of nitrogens with one attached hydrogen (secondary N) is 1. The third-order valence-electron chi connectivity index (χ3n) is 5.02. The average Bonchev–Trinajstić information content (AvgIpc) is 3.12. The van der Waals surface area contributed by atoms with Crippen LogP contribution < -0.4 is 10.1 Å². The highest BCUT2D eigenvalue weighted by atomic mass is 32.2. The van der Waals surface area contributed by atoms with Gasteiger partial charge in [-0.2, -0.15) is 0 Å². The predicted molar refractivity (Wildman–Crippen MR) is 126 cm³/mol. The van der Waals surface area contributed by atoms with E-state index < -0.39 is 0 Å². The molecule has 1 aromatic heterocycles. The maximum Gasteiger partial charge on any atom is 0.234 e. The van der Waals surface area contributed by atoms with Gasteiger partial charge in [-0.3, -0.25) is 9.36 Å². The Morgan fingerprint density at radius 1 is 1.16 bits per heavy atom. The third kappa shape index (κ3) is 5.76. The molecule has 162 valence electrons. The van der Waals surface area contributed by atoms with Crippen LogP contribution in [0.25, 0.3) is 0 Å². The summed E-state index contributed by atoms with van der Waals surface area (Å²) in [7, 11) is 0. The molecule has 7 heteroatoms. The minimum atomic E-state index is -0.0833. The number of benzene rings is 2. The van der Waals surface area contributed by atoms with Gasteiger partial charge in [-0.05, 0) is 62.1 Å². The van der Waals surface area contributed by atoms with Gasteiger partial charge in [-0.15, -0.1) is 16.8 Å². The first-order valence-electron chi connectivity index (χ1n) is 10.1. The summed E-state index contributed by atoms with van der Waals surface area (Å²) in [6, 6.07) is 12.0. The molecule has 6 nitrogen and oxygen atoms in total. The first-order valence-corrected chi connectivity index (χ1v) is 11.1. The minimum Gasteiger partial charge on any atom is -0.485 e. The number of thioether (sulfide) groups is 1. The van der Waals surface area contributed by atoms with Crippen LogP contribution in [-0.2, 0) is 17.9 Å². The van der Waals surface area contributed by atoms with Gasteiger partial charge in [0.05, 0.1) is 5.75 Å². The van der Waals surface area contributed by atoms with Crippen molar-refractivity contribution in [3.8, 4) is 5.75 Å². The number of hydrogen-bond donors (Lipinski definition) is 1. The van der Waals surface area contributed by atoms with E-state index in [1.54, 1.807) is 6.08 Å². The van der Waals surface area contributed by atoms with Crippen molar-refractivity contribution in [3.05, 3.63) is 77.1 Å². The van der Waals surface area contributed by atoms with E-state index >= 15 is 0 Å². The standard InChI is InChI=1S/C24H28N4O2S/c1-6-12-28-22(14-30-21-9-7-8-17(3)19(21)5)26-27-24(28)31-15-23(29)25-20-13-16(2)10-11-18(20)4/h6-11,13H,1,12,14-15H2,2-5H3,(H,25,29). The van der Waals surface area contributed by atoms with E-state index in [1.165, 1.54) is 17.3 Å². The van der Waals surface area contributed by atoms with Gasteiger partial charge in [0.1, 0.15) is 12.4 Å². The van der Waals surface area contributed by atoms with E-state index in [4.69, 9.17) is 4.74 Å². The number of aromatic nitrogens is 3. The van der Waals surface area contributed by atoms with Crippen LogP contribution in [0.1, 0.15) is 28.1 Å². The minimum absolute atomic E-state index is 0.0833. The molecule has 3 rings (SSSR count). The fourth-order valence-electron chi connectivity index (χ4n) is 3.05. The van der Waals surface area contributed by atoms with Crippen LogP contribution in [-0.4, -0.2) is 26.4 Å². The lowest BCUT2D eigenvalue weighted by molar-refractivity contribution is -0.113. The Bertz CT molecular complexity index is 1090. The quantitative estimate of drug-likeness (QED) is 0.377. The van der Waals surface area contributed by atoms with Crippen molar-refractivity contribution in [2.24, 2.45) is 0 Å². The SMILES string of the molecule is C=CCn1c(COc2cccc(C)c2C)nnc1SCC(=O)Nc1cc(C)ccc1C. The monoisotopic (exact) mass is 436 g/mol. The molecule has 1 N–H and O–H groups in total. The van der Waals surface area contributed by atoms with E-state index in [1.807, 2.05) is 55.7 Å². The lowest BCUT2D eigenvalue weighted by Gasteiger charge is -2.12. The molecule has 31 heavy (non-hydrogen) atoms. The molecule has 1 amide bonds. The van der Waals surface area contributed by atoms with Crippen molar-refractivity contribution in [2.75, 3.05) is 11.1 Å². The summed E-state index contributed by atoms with van der Waals surface area (Å²) in [4.78, 5) is 12.5. The molecule has 0 bridgehead atoms. The van der Waals surface area contributed by atoms with Crippen LogP contribution in [0.5, 0.6) is 5.75 Å². The Hall–Kier alpha value is -3.06. The second kappa shape index (κ2) is 10.3. The lowest BCUT2D eigenvalue weighted by Crippen LogP contribution is -2.15.